The van der Waals surface area contributed by atoms with Gasteiger partial charge in [0.1, 0.15) is 0 Å². The summed E-state index contributed by atoms with van der Waals surface area (Å²) < 4.78 is 11.0. The van der Waals surface area contributed by atoms with Crippen molar-refractivity contribution < 1.29 is 9.47 Å². The Balaban J connectivity index is 1.82. The largest absolute Gasteiger partial charge is 0.385 e. The van der Waals surface area contributed by atoms with Crippen molar-refractivity contribution in [3.63, 3.8) is 0 Å². The third-order valence-electron chi connectivity index (χ3n) is 2.73. The van der Waals surface area contributed by atoms with E-state index < -0.39 is 0 Å². The molecule has 0 aliphatic rings. The lowest BCUT2D eigenvalue weighted by Crippen LogP contribution is -2.25. The summed E-state index contributed by atoms with van der Waals surface area (Å²) in [5, 5.41) is 7.62. The number of nitrogens with one attached hydrogen (secondary N) is 2. The predicted octanol–water partition coefficient (Wildman–Crippen LogP) is 1.35. The topological polar surface area (TPSA) is 42.5 Å². The van der Waals surface area contributed by atoms with Gasteiger partial charge in [-0.3, -0.25) is 0 Å². The Morgan fingerprint density at radius 2 is 1.81 bits per heavy atom. The zero-order chi connectivity index (χ0) is 15.2. The minimum absolute atomic E-state index is 0.647. The number of hydrogen-bond donors (Lipinski definition) is 2. The molecule has 0 aliphatic carbocycles. The van der Waals surface area contributed by atoms with E-state index in [2.05, 4.69) is 41.5 Å². The zero-order valence-electron chi connectivity index (χ0n) is 12.9. The molecule has 1 aromatic carbocycles. The van der Waals surface area contributed by atoms with Gasteiger partial charge >= 0.3 is 0 Å². The lowest BCUT2D eigenvalue weighted by Gasteiger charge is -2.09. The maximum atomic E-state index is 5.56. The molecule has 0 aliphatic heterocycles. The van der Waals surface area contributed by atoms with Crippen LogP contribution in [0.4, 0.5) is 0 Å². The van der Waals surface area contributed by atoms with Gasteiger partial charge in [-0.05, 0) is 18.5 Å². The van der Waals surface area contributed by atoms with Gasteiger partial charge in [-0.25, -0.2) is 0 Å². The molecular formula is C16H27N2O2P. The first-order valence-corrected chi connectivity index (χ1v) is 8.54. The zero-order valence-corrected chi connectivity index (χ0v) is 13.9. The van der Waals surface area contributed by atoms with Gasteiger partial charge in [-0.1, -0.05) is 45.5 Å². The molecule has 0 amide bonds. The molecule has 0 bridgehead atoms. The van der Waals surface area contributed by atoms with Crippen LogP contribution in [0.15, 0.2) is 42.6 Å². The van der Waals surface area contributed by atoms with Crippen LogP contribution in [0.5, 0.6) is 0 Å². The fraction of sp³-hybridized carbons (Fsp3) is 0.500. The Bertz CT molecular complexity index is 374. The van der Waals surface area contributed by atoms with E-state index in [0.717, 1.165) is 40.1 Å². The minimum atomic E-state index is 0.647. The summed E-state index contributed by atoms with van der Waals surface area (Å²) in [6, 6.07) is 10.5. The van der Waals surface area contributed by atoms with Gasteiger partial charge in [0, 0.05) is 18.8 Å². The third-order valence-corrected chi connectivity index (χ3v) is 3.93. The van der Waals surface area contributed by atoms with Crippen molar-refractivity contribution in [2.45, 2.75) is 0 Å². The summed E-state index contributed by atoms with van der Waals surface area (Å²) in [6.07, 6.45) is 1.08. The van der Waals surface area contributed by atoms with Crippen LogP contribution in [0.25, 0.3) is 0 Å². The van der Waals surface area contributed by atoms with Crippen LogP contribution in [0, 0.1) is 0 Å². The molecule has 0 spiro atoms. The smallest absolute Gasteiger partial charge is 0.0701 e. The van der Waals surface area contributed by atoms with Gasteiger partial charge < -0.3 is 20.1 Å². The van der Waals surface area contributed by atoms with Crippen molar-refractivity contribution in [1.82, 2.24) is 10.6 Å². The molecule has 1 atom stereocenters. The average molecular weight is 310 g/mol. The lowest BCUT2D eigenvalue weighted by molar-refractivity contribution is 0.0554. The number of benzene rings is 1. The molecule has 0 saturated carbocycles. The fourth-order valence-electron chi connectivity index (χ4n) is 1.72. The van der Waals surface area contributed by atoms with Crippen LogP contribution >= 0.6 is 8.58 Å². The van der Waals surface area contributed by atoms with Crippen molar-refractivity contribution in [3.8, 4) is 0 Å². The van der Waals surface area contributed by atoms with Gasteiger partial charge in [-0.15, -0.1) is 0 Å². The third kappa shape index (κ3) is 10.4. The highest BCUT2D eigenvalue weighted by Crippen LogP contribution is 2.08. The molecule has 0 radical (unpaired) electrons. The second-order valence-electron chi connectivity index (χ2n) is 4.58. The molecule has 118 valence electrons. The maximum absolute atomic E-state index is 5.56. The molecule has 21 heavy (non-hydrogen) atoms. The average Bonchev–Trinajstić information content (AvgIpc) is 2.50. The van der Waals surface area contributed by atoms with Crippen molar-refractivity contribution in [3.05, 3.63) is 42.6 Å². The Hall–Kier alpha value is -0.930. The van der Waals surface area contributed by atoms with Crippen molar-refractivity contribution in [1.29, 1.82) is 0 Å². The fourth-order valence-corrected chi connectivity index (χ4v) is 2.68. The molecule has 0 saturated heterocycles. The summed E-state index contributed by atoms with van der Waals surface area (Å²) >= 11 is 0. The van der Waals surface area contributed by atoms with E-state index in [4.69, 9.17) is 9.47 Å². The predicted molar refractivity (Wildman–Crippen MR) is 92.0 cm³/mol. The standard InChI is InChI=1S/C16H27N2O2P/c1-15(14-17-2)18-8-9-19-10-11-20-12-13-21-16-6-4-3-5-7-16/h3-7,17-18,21H,1,8-14H2,2H3. The molecule has 4 nitrogen and oxygen atoms in total. The molecule has 1 aromatic rings. The van der Waals surface area contributed by atoms with E-state index in [1.165, 1.54) is 5.30 Å². The molecule has 0 heterocycles. The van der Waals surface area contributed by atoms with E-state index in [-0.39, 0.29) is 0 Å². The molecule has 0 fully saturated rings. The quantitative estimate of drug-likeness (QED) is 0.426. The van der Waals surface area contributed by atoms with Gasteiger partial charge in [0.15, 0.2) is 0 Å². The first-order chi connectivity index (χ1) is 10.3. The van der Waals surface area contributed by atoms with Gasteiger partial charge in [0.25, 0.3) is 0 Å². The van der Waals surface area contributed by atoms with Gasteiger partial charge in [-0.2, -0.15) is 0 Å². The highest BCUT2D eigenvalue weighted by atomic mass is 31.1. The van der Waals surface area contributed by atoms with Crippen LogP contribution < -0.4 is 15.9 Å². The summed E-state index contributed by atoms with van der Waals surface area (Å²) in [4.78, 5) is 0. The summed E-state index contributed by atoms with van der Waals surface area (Å²) in [7, 11) is 2.72. The molecule has 5 heteroatoms. The molecule has 0 aromatic heterocycles. The summed E-state index contributed by atoms with van der Waals surface area (Å²) in [5.41, 5.74) is 0.985. The molecule has 1 rings (SSSR count). The summed E-state index contributed by atoms with van der Waals surface area (Å²) in [6.45, 7) is 8.24. The second kappa shape index (κ2) is 12.8. The van der Waals surface area contributed by atoms with Crippen molar-refractivity contribution >= 4 is 13.9 Å². The van der Waals surface area contributed by atoms with E-state index in [9.17, 15) is 0 Å². The molecule has 1 unspecified atom stereocenters. The molecular weight excluding hydrogens is 283 g/mol. The number of ether oxygens (including phenoxy) is 2. The normalized spacial score (nSPS) is 11.1. The lowest BCUT2D eigenvalue weighted by atomic mass is 10.4. The van der Waals surface area contributed by atoms with Gasteiger partial charge in [0.05, 0.1) is 26.4 Å². The van der Waals surface area contributed by atoms with Crippen LogP contribution in [-0.2, 0) is 9.47 Å². The van der Waals surface area contributed by atoms with E-state index in [1.54, 1.807) is 0 Å². The number of likely N-dealkylation sites (N-methyl/N-ethyl adjacent to an activating group) is 1. The highest BCUT2D eigenvalue weighted by Gasteiger charge is 1.94. The Labute approximate surface area is 130 Å². The van der Waals surface area contributed by atoms with E-state index in [0.29, 0.717) is 19.8 Å². The SMILES string of the molecule is C=C(CNC)NCCOCCOCCPc1ccccc1. The Morgan fingerprint density at radius 1 is 1.10 bits per heavy atom. The van der Waals surface area contributed by atoms with Crippen LogP contribution in [0.3, 0.4) is 0 Å². The summed E-state index contributed by atoms with van der Waals surface area (Å²) in [5.74, 6) is 0. The Morgan fingerprint density at radius 3 is 2.52 bits per heavy atom. The first-order valence-electron chi connectivity index (χ1n) is 7.33. The van der Waals surface area contributed by atoms with E-state index >= 15 is 0 Å². The first kappa shape index (κ1) is 18.1. The molecule has 2 N–H and O–H groups in total. The van der Waals surface area contributed by atoms with Crippen molar-refractivity contribution in [2.24, 2.45) is 0 Å². The van der Waals surface area contributed by atoms with Crippen LogP contribution in [0.1, 0.15) is 0 Å². The minimum Gasteiger partial charge on any atom is -0.385 e. The van der Waals surface area contributed by atoms with Gasteiger partial charge in [0.2, 0.25) is 0 Å². The second-order valence-corrected chi connectivity index (χ2v) is 6.01. The van der Waals surface area contributed by atoms with E-state index in [1.807, 2.05) is 13.1 Å². The maximum Gasteiger partial charge on any atom is 0.0701 e. The monoisotopic (exact) mass is 310 g/mol. The Kier molecular flexibility index (Phi) is 11.0. The van der Waals surface area contributed by atoms with Crippen LogP contribution in [-0.4, -0.2) is 52.7 Å². The highest BCUT2D eigenvalue weighted by molar-refractivity contribution is 7.47. The van der Waals surface area contributed by atoms with Crippen molar-refractivity contribution in [2.75, 3.05) is 52.7 Å². The number of hydrogen-bond acceptors (Lipinski definition) is 4. The van der Waals surface area contributed by atoms with Crippen LogP contribution in [0.2, 0.25) is 0 Å². The number of rotatable bonds is 13.